The number of aliphatic carboxylic acids is 1. The van der Waals surface area contributed by atoms with Gasteiger partial charge in [0.15, 0.2) is 0 Å². The molecule has 28 heavy (non-hydrogen) atoms. The summed E-state index contributed by atoms with van der Waals surface area (Å²) >= 11 is 0. The average molecular weight is 397 g/mol. The molecule has 0 saturated carbocycles. The predicted molar refractivity (Wildman–Crippen MR) is 98.8 cm³/mol. The van der Waals surface area contributed by atoms with Crippen molar-refractivity contribution in [2.45, 2.75) is 37.8 Å². The first-order chi connectivity index (χ1) is 13.3. The molecule has 0 aromatic carbocycles. The summed E-state index contributed by atoms with van der Waals surface area (Å²) in [7, 11) is 0. The van der Waals surface area contributed by atoms with Crippen molar-refractivity contribution in [3.05, 3.63) is 18.2 Å². The Bertz CT molecular complexity index is 650. The summed E-state index contributed by atoms with van der Waals surface area (Å²) in [4.78, 5) is 53.4. The molecule has 1 rings (SSSR count). The first kappa shape index (κ1) is 23.0. The number of carboxylic acids is 1. The van der Waals surface area contributed by atoms with Crippen LogP contribution in [0.3, 0.4) is 0 Å². The fourth-order valence-electron chi connectivity index (χ4n) is 2.29. The molecule has 0 radical (unpaired) electrons. The third-order valence-corrected chi connectivity index (χ3v) is 3.77. The number of hydrogen-bond acceptors (Lipinski definition) is 7. The number of carbonyl (C=O) groups excluding carboxylic acids is 3. The van der Waals surface area contributed by atoms with Gasteiger partial charge in [-0.05, 0) is 19.4 Å². The van der Waals surface area contributed by atoms with E-state index in [4.69, 9.17) is 16.6 Å². The average Bonchev–Trinajstić information content (AvgIpc) is 3.16. The number of amides is 3. The molecular weight excluding hydrogens is 370 g/mol. The topological polar surface area (TPSA) is 205 Å². The third-order valence-electron chi connectivity index (χ3n) is 3.77. The smallest absolute Gasteiger partial charge is 0.322 e. The van der Waals surface area contributed by atoms with Crippen LogP contribution in [0.5, 0.6) is 0 Å². The Hall–Kier alpha value is -2.99. The molecule has 2 atom stereocenters. The van der Waals surface area contributed by atoms with Crippen LogP contribution in [0, 0.1) is 0 Å². The van der Waals surface area contributed by atoms with Gasteiger partial charge in [0.1, 0.15) is 12.6 Å². The molecule has 0 aliphatic carbocycles. The molecule has 0 aliphatic heterocycles. The van der Waals surface area contributed by atoms with Crippen LogP contribution in [-0.2, 0) is 25.6 Å². The monoisotopic (exact) mass is 397 g/mol. The highest BCUT2D eigenvalue weighted by atomic mass is 16.4. The van der Waals surface area contributed by atoms with Gasteiger partial charge in [0.25, 0.3) is 0 Å². The van der Waals surface area contributed by atoms with Gasteiger partial charge in [-0.25, -0.2) is 4.98 Å². The quantitative estimate of drug-likeness (QED) is 0.173. The molecule has 0 spiro atoms. The highest BCUT2D eigenvalue weighted by Gasteiger charge is 2.23. The lowest BCUT2D eigenvalue weighted by Crippen LogP contribution is -2.52. The summed E-state index contributed by atoms with van der Waals surface area (Å²) in [6.07, 6.45) is 4.87. The van der Waals surface area contributed by atoms with E-state index >= 15 is 0 Å². The maximum absolute atomic E-state index is 12.2. The van der Waals surface area contributed by atoms with Crippen molar-refractivity contribution in [2.24, 2.45) is 11.5 Å². The van der Waals surface area contributed by atoms with Crippen molar-refractivity contribution in [3.63, 3.8) is 0 Å². The number of nitrogens with one attached hydrogen (secondary N) is 4. The van der Waals surface area contributed by atoms with E-state index in [0.29, 0.717) is 25.1 Å². The normalized spacial score (nSPS) is 12.6. The summed E-state index contributed by atoms with van der Waals surface area (Å²) in [5, 5.41) is 15.8. The number of nitrogens with zero attached hydrogens (tertiary/aromatic N) is 1. The molecule has 0 saturated heterocycles. The third kappa shape index (κ3) is 9.09. The van der Waals surface area contributed by atoms with Gasteiger partial charge < -0.3 is 37.5 Å². The van der Waals surface area contributed by atoms with Gasteiger partial charge in [-0.15, -0.1) is 0 Å². The van der Waals surface area contributed by atoms with E-state index in [1.54, 1.807) is 0 Å². The number of carboxylic acid groups (broad SMARTS) is 1. The molecule has 1 aromatic rings. The van der Waals surface area contributed by atoms with Crippen molar-refractivity contribution < 1.29 is 24.3 Å². The maximum Gasteiger partial charge on any atom is 0.322 e. The van der Waals surface area contributed by atoms with Crippen molar-refractivity contribution in [3.8, 4) is 0 Å². The zero-order chi connectivity index (χ0) is 20.9. The van der Waals surface area contributed by atoms with Gasteiger partial charge in [0.05, 0.1) is 18.9 Å². The number of H-pyrrole nitrogens is 1. The minimum absolute atomic E-state index is 0.0732. The van der Waals surface area contributed by atoms with E-state index in [9.17, 15) is 19.2 Å². The molecule has 3 amide bonds. The van der Waals surface area contributed by atoms with E-state index in [0.717, 1.165) is 6.42 Å². The van der Waals surface area contributed by atoms with Gasteiger partial charge in [-0.2, -0.15) is 0 Å². The Morgan fingerprint density at radius 3 is 2.46 bits per heavy atom. The number of unbranched alkanes of at least 4 members (excludes halogenated alkanes) is 1. The second-order valence-corrected chi connectivity index (χ2v) is 6.12. The van der Waals surface area contributed by atoms with Crippen LogP contribution < -0.4 is 27.4 Å². The molecule has 12 heteroatoms. The Labute approximate surface area is 161 Å². The number of rotatable bonds is 13. The Morgan fingerprint density at radius 1 is 1.14 bits per heavy atom. The molecule has 0 aliphatic rings. The second kappa shape index (κ2) is 12.4. The molecule has 12 nitrogen and oxygen atoms in total. The minimum Gasteiger partial charge on any atom is -0.480 e. The van der Waals surface area contributed by atoms with Gasteiger partial charge in [0.2, 0.25) is 17.7 Å². The van der Waals surface area contributed by atoms with E-state index in [1.165, 1.54) is 12.5 Å². The molecule has 9 N–H and O–H groups in total. The maximum atomic E-state index is 12.2. The van der Waals surface area contributed by atoms with Crippen LogP contribution >= 0.6 is 0 Å². The SMILES string of the molecule is NCCCCC(N)C(=O)NCC(=O)NC(Cc1cnc[nH]1)C(=O)NCC(=O)O. The zero-order valence-electron chi connectivity index (χ0n) is 15.4. The molecule has 1 heterocycles. The van der Waals surface area contributed by atoms with Crippen LogP contribution in [0.2, 0.25) is 0 Å². The number of carbonyl (C=O) groups is 4. The van der Waals surface area contributed by atoms with Crippen LogP contribution in [0.25, 0.3) is 0 Å². The van der Waals surface area contributed by atoms with Crippen LogP contribution in [-0.4, -0.2) is 70.5 Å². The van der Waals surface area contributed by atoms with E-state index < -0.39 is 42.3 Å². The van der Waals surface area contributed by atoms with Crippen molar-refractivity contribution in [2.75, 3.05) is 19.6 Å². The van der Waals surface area contributed by atoms with Crippen LogP contribution in [0.15, 0.2) is 12.5 Å². The zero-order valence-corrected chi connectivity index (χ0v) is 15.4. The summed E-state index contributed by atoms with van der Waals surface area (Å²) in [5.74, 6) is -2.98. The fourth-order valence-corrected chi connectivity index (χ4v) is 2.29. The minimum atomic E-state index is -1.21. The molecule has 0 bridgehead atoms. The first-order valence-corrected chi connectivity index (χ1v) is 8.83. The highest BCUT2D eigenvalue weighted by Crippen LogP contribution is 2.00. The van der Waals surface area contributed by atoms with Gasteiger partial charge in [-0.1, -0.05) is 6.42 Å². The lowest BCUT2D eigenvalue weighted by molar-refractivity contribution is -0.138. The van der Waals surface area contributed by atoms with Crippen molar-refractivity contribution >= 4 is 23.7 Å². The molecule has 156 valence electrons. The second-order valence-electron chi connectivity index (χ2n) is 6.12. The summed E-state index contributed by atoms with van der Waals surface area (Å²) < 4.78 is 0. The Morgan fingerprint density at radius 2 is 1.86 bits per heavy atom. The molecular formula is C16H27N7O5. The Balaban J connectivity index is 2.54. The van der Waals surface area contributed by atoms with Gasteiger partial charge in [0, 0.05) is 18.3 Å². The number of aromatic nitrogens is 2. The lowest BCUT2D eigenvalue weighted by Gasteiger charge is -2.18. The summed E-state index contributed by atoms with van der Waals surface area (Å²) in [6, 6.07) is -1.79. The van der Waals surface area contributed by atoms with E-state index in [2.05, 4.69) is 25.9 Å². The van der Waals surface area contributed by atoms with Crippen molar-refractivity contribution in [1.82, 2.24) is 25.9 Å². The van der Waals surface area contributed by atoms with E-state index in [-0.39, 0.29) is 13.0 Å². The number of imidazole rings is 1. The standard InChI is InChI=1S/C16H27N7O5/c17-4-2-1-3-11(18)15(27)20-7-13(24)23-12(5-10-6-19-9-22-10)16(28)21-8-14(25)26/h6,9,11-12H,1-5,7-8,17-18H2,(H,19,22)(H,20,27)(H,21,28)(H,23,24)(H,25,26). The van der Waals surface area contributed by atoms with Gasteiger partial charge >= 0.3 is 5.97 Å². The Kier molecular flexibility index (Phi) is 10.2. The molecule has 0 fully saturated rings. The molecule has 2 unspecified atom stereocenters. The number of hydrogen-bond donors (Lipinski definition) is 7. The summed E-state index contributed by atoms with van der Waals surface area (Å²) in [6.45, 7) is -0.434. The predicted octanol–water partition coefficient (Wildman–Crippen LogP) is -2.79. The van der Waals surface area contributed by atoms with Crippen LogP contribution in [0.4, 0.5) is 0 Å². The first-order valence-electron chi connectivity index (χ1n) is 8.83. The number of nitrogens with two attached hydrogens (primary N) is 2. The largest absolute Gasteiger partial charge is 0.480 e. The van der Waals surface area contributed by atoms with Gasteiger partial charge in [-0.3, -0.25) is 19.2 Å². The number of aromatic amines is 1. The highest BCUT2D eigenvalue weighted by molar-refractivity contribution is 5.92. The fraction of sp³-hybridized carbons (Fsp3) is 0.562. The lowest BCUT2D eigenvalue weighted by atomic mass is 10.1. The van der Waals surface area contributed by atoms with E-state index in [1.807, 2.05) is 0 Å². The molecule has 1 aromatic heterocycles. The van der Waals surface area contributed by atoms with Crippen molar-refractivity contribution in [1.29, 1.82) is 0 Å². The van der Waals surface area contributed by atoms with Crippen LogP contribution in [0.1, 0.15) is 25.0 Å². The summed E-state index contributed by atoms with van der Waals surface area (Å²) in [5.41, 5.74) is 11.7.